The molecule has 6 nitrogen and oxygen atoms in total. The van der Waals surface area contributed by atoms with Crippen LogP contribution in [0.5, 0.6) is 5.75 Å². The monoisotopic (exact) mass is 409 g/mol. The van der Waals surface area contributed by atoms with Crippen LogP contribution >= 0.6 is 0 Å². The van der Waals surface area contributed by atoms with Crippen molar-refractivity contribution in [3.05, 3.63) is 59.2 Å². The molecule has 0 radical (unpaired) electrons. The third-order valence-electron chi connectivity index (χ3n) is 5.65. The molecule has 0 spiro atoms. The van der Waals surface area contributed by atoms with Crippen LogP contribution in [0.3, 0.4) is 0 Å². The zero-order chi connectivity index (χ0) is 21.5. The Labute approximate surface area is 178 Å². The molecule has 0 saturated carbocycles. The average molecular weight is 410 g/mol. The normalized spacial score (nSPS) is 13.8. The van der Waals surface area contributed by atoms with Gasteiger partial charge in [-0.15, -0.1) is 0 Å². The molecule has 1 atom stereocenters. The van der Waals surface area contributed by atoms with E-state index in [1.165, 1.54) is 24.0 Å². The van der Waals surface area contributed by atoms with E-state index in [0.29, 0.717) is 6.54 Å². The number of hydrogen-bond donors (Lipinski definition) is 2. The number of hydrogen-bond acceptors (Lipinski definition) is 4. The highest BCUT2D eigenvalue weighted by molar-refractivity contribution is 5.82. The third kappa shape index (κ3) is 5.75. The Morgan fingerprint density at radius 1 is 1.10 bits per heavy atom. The van der Waals surface area contributed by atoms with E-state index < -0.39 is 5.91 Å². The van der Waals surface area contributed by atoms with Crippen LogP contribution in [0, 0.1) is 0 Å². The van der Waals surface area contributed by atoms with Crippen LogP contribution < -0.4 is 20.7 Å². The van der Waals surface area contributed by atoms with Crippen LogP contribution in [0.1, 0.15) is 48.9 Å². The maximum atomic E-state index is 12.8. The van der Waals surface area contributed by atoms with E-state index in [9.17, 15) is 9.59 Å². The SMILES string of the molecule is COc1ccc(N(CCC(N)=O)CC(=O)NC(C)c2ccc3c(c2)CCCC3)cc1. The summed E-state index contributed by atoms with van der Waals surface area (Å²) in [5, 5.41) is 3.09. The number of primary amides is 1. The standard InChI is InChI=1S/C24H31N3O3/c1-17(19-8-7-18-5-3-4-6-20(18)15-19)26-24(29)16-27(14-13-23(25)28)21-9-11-22(30-2)12-10-21/h7-12,15,17H,3-6,13-14,16H2,1-2H3,(H2,25,28)(H,26,29). The molecule has 3 N–H and O–H groups in total. The quantitative estimate of drug-likeness (QED) is 0.666. The first kappa shape index (κ1) is 21.7. The van der Waals surface area contributed by atoms with Crippen LogP contribution in [0.15, 0.2) is 42.5 Å². The number of amides is 2. The minimum atomic E-state index is -0.392. The van der Waals surface area contributed by atoms with E-state index in [1.54, 1.807) is 7.11 Å². The summed E-state index contributed by atoms with van der Waals surface area (Å²) in [6.45, 7) is 2.53. The van der Waals surface area contributed by atoms with Crippen molar-refractivity contribution in [2.75, 3.05) is 25.1 Å². The molecule has 2 amide bonds. The zero-order valence-electron chi connectivity index (χ0n) is 17.8. The van der Waals surface area contributed by atoms with Crippen molar-refractivity contribution >= 4 is 17.5 Å². The minimum Gasteiger partial charge on any atom is -0.497 e. The van der Waals surface area contributed by atoms with Gasteiger partial charge in [0.05, 0.1) is 19.7 Å². The van der Waals surface area contributed by atoms with Crippen molar-refractivity contribution in [1.29, 1.82) is 0 Å². The van der Waals surface area contributed by atoms with Gasteiger partial charge in [-0.25, -0.2) is 0 Å². The van der Waals surface area contributed by atoms with Crippen LogP contribution in [0.4, 0.5) is 5.69 Å². The highest BCUT2D eigenvalue weighted by Gasteiger charge is 2.17. The van der Waals surface area contributed by atoms with E-state index in [0.717, 1.165) is 29.8 Å². The molecule has 3 rings (SSSR count). The molecule has 160 valence electrons. The number of aryl methyl sites for hydroxylation is 2. The summed E-state index contributed by atoms with van der Waals surface area (Å²) in [4.78, 5) is 25.9. The fourth-order valence-electron chi connectivity index (χ4n) is 3.90. The van der Waals surface area contributed by atoms with Gasteiger partial charge in [-0.05, 0) is 73.6 Å². The van der Waals surface area contributed by atoms with Gasteiger partial charge in [0.1, 0.15) is 5.75 Å². The number of benzene rings is 2. The van der Waals surface area contributed by atoms with Gasteiger partial charge in [0.2, 0.25) is 11.8 Å². The van der Waals surface area contributed by atoms with Gasteiger partial charge < -0.3 is 20.7 Å². The molecule has 1 unspecified atom stereocenters. The summed E-state index contributed by atoms with van der Waals surface area (Å²) >= 11 is 0. The fraction of sp³-hybridized carbons (Fsp3) is 0.417. The molecule has 0 bridgehead atoms. The highest BCUT2D eigenvalue weighted by Crippen LogP contribution is 2.25. The van der Waals surface area contributed by atoms with Gasteiger partial charge in [0.25, 0.3) is 0 Å². The van der Waals surface area contributed by atoms with Gasteiger partial charge in [0, 0.05) is 18.7 Å². The predicted molar refractivity (Wildman–Crippen MR) is 119 cm³/mol. The van der Waals surface area contributed by atoms with E-state index in [2.05, 4.69) is 23.5 Å². The summed E-state index contributed by atoms with van der Waals surface area (Å²) < 4.78 is 5.20. The summed E-state index contributed by atoms with van der Waals surface area (Å²) in [5.41, 5.74) is 10.1. The Balaban J connectivity index is 1.66. The Morgan fingerprint density at radius 2 is 1.80 bits per heavy atom. The van der Waals surface area contributed by atoms with Crippen molar-refractivity contribution in [2.24, 2.45) is 5.73 Å². The molecule has 0 aromatic heterocycles. The second kappa shape index (κ2) is 10.1. The first-order chi connectivity index (χ1) is 14.5. The zero-order valence-corrected chi connectivity index (χ0v) is 17.8. The molecule has 2 aromatic carbocycles. The van der Waals surface area contributed by atoms with Gasteiger partial charge in [-0.1, -0.05) is 18.2 Å². The number of ether oxygens (including phenoxy) is 1. The lowest BCUT2D eigenvalue weighted by atomic mass is 9.89. The molecule has 0 fully saturated rings. The van der Waals surface area contributed by atoms with Crippen LogP contribution in [0.25, 0.3) is 0 Å². The molecule has 0 aliphatic heterocycles. The second-order valence-electron chi connectivity index (χ2n) is 7.86. The lowest BCUT2D eigenvalue weighted by Crippen LogP contribution is -2.39. The first-order valence-corrected chi connectivity index (χ1v) is 10.5. The number of nitrogens with zero attached hydrogens (tertiary/aromatic N) is 1. The number of nitrogens with one attached hydrogen (secondary N) is 1. The van der Waals surface area contributed by atoms with Crippen molar-refractivity contribution < 1.29 is 14.3 Å². The van der Waals surface area contributed by atoms with E-state index in [4.69, 9.17) is 10.5 Å². The largest absolute Gasteiger partial charge is 0.497 e. The van der Waals surface area contributed by atoms with Crippen molar-refractivity contribution in [2.45, 2.75) is 45.1 Å². The maximum Gasteiger partial charge on any atom is 0.239 e. The van der Waals surface area contributed by atoms with Crippen LogP contribution in [-0.4, -0.2) is 32.0 Å². The molecule has 30 heavy (non-hydrogen) atoms. The number of carbonyl (C=O) groups is 2. The lowest BCUT2D eigenvalue weighted by Gasteiger charge is -2.25. The maximum absolute atomic E-state index is 12.8. The Hall–Kier alpha value is -3.02. The smallest absolute Gasteiger partial charge is 0.239 e. The van der Waals surface area contributed by atoms with E-state index in [-0.39, 0.29) is 24.9 Å². The van der Waals surface area contributed by atoms with Crippen molar-refractivity contribution in [3.63, 3.8) is 0 Å². The third-order valence-corrected chi connectivity index (χ3v) is 5.65. The van der Waals surface area contributed by atoms with Crippen molar-refractivity contribution in [3.8, 4) is 5.75 Å². The number of nitrogens with two attached hydrogens (primary N) is 1. The number of carbonyl (C=O) groups excluding carboxylic acids is 2. The molecular weight excluding hydrogens is 378 g/mol. The summed E-state index contributed by atoms with van der Waals surface area (Å²) in [6, 6.07) is 13.9. The summed E-state index contributed by atoms with van der Waals surface area (Å²) in [7, 11) is 1.61. The predicted octanol–water partition coefficient (Wildman–Crippen LogP) is 3.13. The number of anilines is 1. The number of fused-ring (bicyclic) bond motifs is 1. The van der Waals surface area contributed by atoms with Gasteiger partial charge >= 0.3 is 0 Å². The van der Waals surface area contributed by atoms with Gasteiger partial charge in [0.15, 0.2) is 0 Å². The Morgan fingerprint density at radius 3 is 2.47 bits per heavy atom. The molecule has 1 aliphatic rings. The first-order valence-electron chi connectivity index (χ1n) is 10.5. The topological polar surface area (TPSA) is 84.7 Å². The second-order valence-corrected chi connectivity index (χ2v) is 7.86. The molecule has 0 saturated heterocycles. The number of methoxy groups -OCH3 is 1. The molecule has 6 heteroatoms. The molecular formula is C24H31N3O3. The average Bonchev–Trinajstić information content (AvgIpc) is 2.76. The van der Waals surface area contributed by atoms with Crippen LogP contribution in [-0.2, 0) is 22.4 Å². The Kier molecular flexibility index (Phi) is 7.33. The summed E-state index contributed by atoms with van der Waals surface area (Å²) in [5.74, 6) is 0.246. The van der Waals surface area contributed by atoms with Crippen molar-refractivity contribution in [1.82, 2.24) is 5.32 Å². The summed E-state index contributed by atoms with van der Waals surface area (Å²) in [6.07, 6.45) is 4.92. The van der Waals surface area contributed by atoms with E-state index >= 15 is 0 Å². The fourth-order valence-corrected chi connectivity index (χ4v) is 3.90. The highest BCUT2D eigenvalue weighted by atomic mass is 16.5. The molecule has 1 aliphatic carbocycles. The molecule has 0 heterocycles. The van der Waals surface area contributed by atoms with E-state index in [1.807, 2.05) is 36.1 Å². The minimum absolute atomic E-state index is 0.0846. The van der Waals surface area contributed by atoms with Gasteiger partial charge in [-0.2, -0.15) is 0 Å². The van der Waals surface area contributed by atoms with Gasteiger partial charge in [-0.3, -0.25) is 9.59 Å². The van der Waals surface area contributed by atoms with Crippen LogP contribution in [0.2, 0.25) is 0 Å². The Bertz CT molecular complexity index is 880. The lowest BCUT2D eigenvalue weighted by molar-refractivity contribution is -0.121. The molecule has 2 aromatic rings. The number of rotatable bonds is 9.